The van der Waals surface area contributed by atoms with Crippen LogP contribution in [0.1, 0.15) is 72.5 Å². The molecule has 6 aromatic carbocycles. The lowest BCUT2D eigenvalue weighted by Gasteiger charge is -2.13. The van der Waals surface area contributed by atoms with E-state index in [9.17, 15) is 64.1 Å². The maximum absolute atomic E-state index is 13.6. The summed E-state index contributed by atoms with van der Waals surface area (Å²) in [5, 5.41) is 56.3. The Balaban J connectivity index is 1.20. The number of nitro benzene ring substituents is 1. The summed E-state index contributed by atoms with van der Waals surface area (Å²) >= 11 is 0. The summed E-state index contributed by atoms with van der Waals surface area (Å²) < 4.78 is 11.3. The molecule has 19 nitrogen and oxygen atoms in total. The summed E-state index contributed by atoms with van der Waals surface area (Å²) in [5.41, 5.74) is -1.70. The third-order valence-corrected chi connectivity index (χ3v) is 8.66. The van der Waals surface area contributed by atoms with Crippen molar-refractivity contribution in [2.45, 2.75) is 0 Å². The van der Waals surface area contributed by atoms with Crippen molar-refractivity contribution in [2.24, 2.45) is 0 Å². The number of carboxylic acid groups (broad SMARTS) is 4. The number of anilines is 3. The summed E-state index contributed by atoms with van der Waals surface area (Å²) in [4.78, 5) is 96.7. The molecule has 0 fully saturated rings. The van der Waals surface area contributed by atoms with Crippen LogP contribution >= 0.6 is 0 Å². The zero-order chi connectivity index (χ0) is 44.7. The van der Waals surface area contributed by atoms with Gasteiger partial charge in [-0.15, -0.1) is 0 Å². The molecule has 310 valence electrons. The van der Waals surface area contributed by atoms with Crippen molar-refractivity contribution in [3.8, 4) is 23.0 Å². The summed E-state index contributed by atoms with van der Waals surface area (Å²) in [6.07, 6.45) is 0. The van der Waals surface area contributed by atoms with Gasteiger partial charge in [0.1, 0.15) is 23.0 Å². The minimum Gasteiger partial charge on any atom is -0.478 e. The lowest BCUT2D eigenvalue weighted by Crippen LogP contribution is -2.18. The fraction of sp³-hybridized carbons (Fsp3) is 0. The van der Waals surface area contributed by atoms with Crippen molar-refractivity contribution in [1.82, 2.24) is 0 Å². The van der Waals surface area contributed by atoms with Crippen LogP contribution in [0.2, 0.25) is 0 Å². The minimum atomic E-state index is -1.47. The Kier molecular flexibility index (Phi) is 12.3. The first-order valence-electron chi connectivity index (χ1n) is 17.7. The molecule has 0 bridgehead atoms. The number of nitro groups is 1. The van der Waals surface area contributed by atoms with Crippen molar-refractivity contribution in [1.29, 1.82) is 0 Å². The first-order chi connectivity index (χ1) is 29.5. The van der Waals surface area contributed by atoms with Crippen LogP contribution in [0.25, 0.3) is 0 Å². The number of hydrogen-bond acceptors (Lipinski definition) is 11. The van der Waals surface area contributed by atoms with E-state index in [1.54, 1.807) is 0 Å². The minimum absolute atomic E-state index is 0.00272. The standard InChI is InChI=1S/C43H28N4O15/c48-37(22-1-7-28(8-2-22)47(59)60)46-27-18-23(38(49)44-25-3-9-29(10-4-25)61-31-13-15-33(40(51)52)35(20-31)42(55)56)17-24(19-27)39(50)45-26-5-11-30(12-6-26)62-32-14-16-34(41(53)54)36(21-32)43(57)58/h1-21H,(H,44,49)(H,45,50)(H,46,48)(H,51,52)(H,53,54)(H,55,56)(H,57,58). The van der Waals surface area contributed by atoms with Gasteiger partial charge in [0.25, 0.3) is 23.4 Å². The summed E-state index contributed by atoms with van der Waals surface area (Å²) in [6, 6.07) is 27.0. The van der Waals surface area contributed by atoms with Crippen LogP contribution in [0.3, 0.4) is 0 Å². The molecule has 62 heavy (non-hydrogen) atoms. The molecular formula is C43H28N4O15. The van der Waals surface area contributed by atoms with Gasteiger partial charge >= 0.3 is 23.9 Å². The predicted octanol–water partition coefficient (Wildman–Crippen LogP) is 7.73. The number of nitrogens with one attached hydrogen (secondary N) is 3. The molecule has 0 spiro atoms. The molecule has 0 unspecified atom stereocenters. The maximum atomic E-state index is 13.6. The van der Waals surface area contributed by atoms with Gasteiger partial charge in [-0.05, 0) is 115 Å². The van der Waals surface area contributed by atoms with E-state index in [2.05, 4.69) is 16.0 Å². The van der Waals surface area contributed by atoms with E-state index >= 15 is 0 Å². The largest absolute Gasteiger partial charge is 0.478 e. The van der Waals surface area contributed by atoms with Crippen molar-refractivity contribution in [3.63, 3.8) is 0 Å². The van der Waals surface area contributed by atoms with Gasteiger partial charge in [-0.25, -0.2) is 19.2 Å². The molecule has 0 heterocycles. The number of carboxylic acids is 4. The SMILES string of the molecule is O=C(Nc1cc(C(=O)Nc2ccc(Oc3ccc(C(=O)O)c(C(=O)O)c3)cc2)cc(C(=O)Nc2ccc(Oc3ccc(C(=O)O)c(C(=O)O)c3)cc2)c1)c1ccc([N+](=O)[O-])cc1. The molecule has 0 saturated carbocycles. The summed E-state index contributed by atoms with van der Waals surface area (Å²) in [6.45, 7) is 0. The van der Waals surface area contributed by atoms with Gasteiger partial charge in [0.2, 0.25) is 0 Å². The number of ether oxygens (including phenoxy) is 2. The molecule has 0 radical (unpaired) electrons. The predicted molar refractivity (Wildman–Crippen MR) is 217 cm³/mol. The molecule has 6 rings (SSSR count). The average Bonchev–Trinajstić information content (AvgIpc) is 3.24. The molecule has 0 aliphatic rings. The van der Waals surface area contributed by atoms with Crippen LogP contribution in [-0.4, -0.2) is 66.9 Å². The van der Waals surface area contributed by atoms with E-state index in [1.165, 1.54) is 91.0 Å². The number of benzene rings is 6. The second-order valence-corrected chi connectivity index (χ2v) is 12.9. The molecule has 0 aliphatic carbocycles. The number of carbonyl (C=O) groups excluding carboxylic acids is 3. The summed E-state index contributed by atoms with van der Waals surface area (Å²) in [7, 11) is 0. The van der Waals surface area contributed by atoms with Crippen LogP contribution in [0.5, 0.6) is 23.0 Å². The number of rotatable bonds is 15. The Morgan fingerprint density at radius 2 is 0.758 bits per heavy atom. The van der Waals surface area contributed by atoms with Gasteiger partial charge in [0.05, 0.1) is 27.2 Å². The highest BCUT2D eigenvalue weighted by molar-refractivity contribution is 6.11. The zero-order valence-corrected chi connectivity index (χ0v) is 31.4. The van der Waals surface area contributed by atoms with Crippen LogP contribution < -0.4 is 25.4 Å². The third-order valence-electron chi connectivity index (χ3n) is 8.66. The van der Waals surface area contributed by atoms with E-state index in [0.717, 1.165) is 36.4 Å². The number of carbonyl (C=O) groups is 7. The van der Waals surface area contributed by atoms with E-state index in [0.29, 0.717) is 0 Å². The molecule has 0 saturated heterocycles. The molecule has 0 aliphatic heterocycles. The van der Waals surface area contributed by atoms with Gasteiger partial charge in [-0.1, -0.05) is 0 Å². The lowest BCUT2D eigenvalue weighted by atomic mass is 10.1. The van der Waals surface area contributed by atoms with Crippen molar-refractivity contribution in [3.05, 3.63) is 176 Å². The number of aromatic carboxylic acids is 4. The van der Waals surface area contributed by atoms with E-state index in [1.807, 2.05) is 0 Å². The Morgan fingerprint density at radius 1 is 0.403 bits per heavy atom. The fourth-order valence-electron chi connectivity index (χ4n) is 5.69. The van der Waals surface area contributed by atoms with E-state index in [4.69, 9.17) is 9.47 Å². The van der Waals surface area contributed by atoms with Crippen LogP contribution in [0.15, 0.2) is 127 Å². The Labute approximate surface area is 347 Å². The highest BCUT2D eigenvalue weighted by Gasteiger charge is 2.20. The lowest BCUT2D eigenvalue weighted by molar-refractivity contribution is -0.384. The first kappa shape index (κ1) is 42.2. The molecule has 19 heteroatoms. The first-order valence-corrected chi connectivity index (χ1v) is 17.7. The Hall–Kier alpha value is -9.39. The molecule has 6 aromatic rings. The van der Waals surface area contributed by atoms with Crippen molar-refractivity contribution in [2.75, 3.05) is 16.0 Å². The molecule has 0 aromatic heterocycles. The average molecular weight is 841 g/mol. The van der Waals surface area contributed by atoms with Gasteiger partial charge in [-0.2, -0.15) is 0 Å². The second kappa shape index (κ2) is 18.0. The highest BCUT2D eigenvalue weighted by atomic mass is 16.6. The number of hydrogen-bond donors (Lipinski definition) is 7. The van der Waals surface area contributed by atoms with Crippen molar-refractivity contribution >= 4 is 64.3 Å². The number of nitrogens with zero attached hydrogens (tertiary/aromatic N) is 1. The molecule has 7 N–H and O–H groups in total. The Morgan fingerprint density at radius 3 is 1.13 bits per heavy atom. The maximum Gasteiger partial charge on any atom is 0.336 e. The molecule has 0 atom stereocenters. The van der Waals surface area contributed by atoms with Crippen LogP contribution in [-0.2, 0) is 0 Å². The normalized spacial score (nSPS) is 10.5. The quantitative estimate of drug-likeness (QED) is 0.0384. The third kappa shape index (κ3) is 10.2. The zero-order valence-electron chi connectivity index (χ0n) is 31.4. The van der Waals surface area contributed by atoms with E-state index < -0.39 is 68.8 Å². The van der Waals surface area contributed by atoms with Crippen LogP contribution in [0, 0.1) is 10.1 Å². The Bertz CT molecular complexity index is 2650. The van der Waals surface area contributed by atoms with Gasteiger partial charge in [0.15, 0.2) is 0 Å². The van der Waals surface area contributed by atoms with Gasteiger partial charge < -0.3 is 45.9 Å². The smallest absolute Gasteiger partial charge is 0.336 e. The highest BCUT2D eigenvalue weighted by Crippen LogP contribution is 2.28. The monoisotopic (exact) mass is 840 g/mol. The molecule has 3 amide bonds. The fourth-order valence-corrected chi connectivity index (χ4v) is 5.69. The van der Waals surface area contributed by atoms with Gasteiger partial charge in [-0.3, -0.25) is 24.5 Å². The van der Waals surface area contributed by atoms with E-state index in [-0.39, 0.29) is 62.4 Å². The number of amides is 3. The van der Waals surface area contributed by atoms with Gasteiger partial charge in [0, 0.05) is 45.9 Å². The second-order valence-electron chi connectivity index (χ2n) is 12.9. The van der Waals surface area contributed by atoms with Crippen LogP contribution in [0.4, 0.5) is 22.7 Å². The molecular weight excluding hydrogens is 812 g/mol. The number of non-ortho nitro benzene ring substituents is 1. The topological polar surface area (TPSA) is 298 Å². The summed E-state index contributed by atoms with van der Waals surface area (Å²) in [5.74, 6) is -7.46. The van der Waals surface area contributed by atoms with Crippen molar-refractivity contribution < 1.29 is 68.4 Å².